The minimum atomic E-state index is -4.08. The van der Waals surface area contributed by atoms with Gasteiger partial charge in [0.1, 0.15) is 5.75 Å². The molecule has 1 spiro atoms. The number of rotatable bonds is 0. The SMILES string of the molecule is Oc1ccc2c(c1O)Oc1c(ccc(O)c1O)C21OC(F)(F)Oc2ccccc21. The van der Waals surface area contributed by atoms with Crippen molar-refractivity contribution in [1.29, 1.82) is 0 Å². The molecule has 2 heterocycles. The van der Waals surface area contributed by atoms with Crippen LogP contribution in [-0.2, 0) is 10.3 Å². The average Bonchev–Trinajstić information content (AvgIpc) is 2.67. The van der Waals surface area contributed by atoms with Crippen LogP contribution >= 0.6 is 0 Å². The fourth-order valence-electron chi connectivity index (χ4n) is 3.76. The predicted molar refractivity (Wildman–Crippen MR) is 92.6 cm³/mol. The minimum absolute atomic E-state index is 0.0548. The Morgan fingerprint density at radius 3 is 1.83 bits per heavy atom. The van der Waals surface area contributed by atoms with Crippen LogP contribution in [0.5, 0.6) is 40.2 Å². The van der Waals surface area contributed by atoms with E-state index in [0.29, 0.717) is 0 Å². The van der Waals surface area contributed by atoms with Crippen molar-refractivity contribution in [2.45, 2.75) is 11.9 Å². The van der Waals surface area contributed by atoms with Gasteiger partial charge in [0, 0.05) is 16.7 Å². The zero-order valence-electron chi connectivity index (χ0n) is 14.4. The van der Waals surface area contributed by atoms with Crippen LogP contribution in [0.25, 0.3) is 0 Å². The Bertz CT molecular complexity index is 1120. The normalized spacial score (nSPS) is 17.4. The molecule has 3 aromatic rings. The molecule has 0 bridgehead atoms. The van der Waals surface area contributed by atoms with Crippen molar-refractivity contribution in [2.75, 3.05) is 0 Å². The van der Waals surface area contributed by atoms with Crippen LogP contribution in [0.2, 0.25) is 0 Å². The van der Waals surface area contributed by atoms with Crippen LogP contribution in [0.1, 0.15) is 16.7 Å². The summed E-state index contributed by atoms with van der Waals surface area (Å²) in [6.07, 6.45) is -4.08. The van der Waals surface area contributed by atoms with Crippen LogP contribution in [-0.4, -0.2) is 26.7 Å². The van der Waals surface area contributed by atoms with Crippen molar-refractivity contribution in [3.05, 3.63) is 65.2 Å². The van der Waals surface area contributed by atoms with Gasteiger partial charge in [-0.25, -0.2) is 0 Å². The zero-order valence-corrected chi connectivity index (χ0v) is 14.4. The van der Waals surface area contributed by atoms with Gasteiger partial charge in [-0.15, -0.1) is 8.78 Å². The molecule has 0 saturated heterocycles. The highest BCUT2D eigenvalue weighted by molar-refractivity contribution is 5.72. The van der Waals surface area contributed by atoms with Crippen molar-refractivity contribution in [3.63, 3.8) is 0 Å². The fourth-order valence-corrected chi connectivity index (χ4v) is 3.76. The number of aromatic hydroxyl groups is 4. The van der Waals surface area contributed by atoms with E-state index in [1.807, 2.05) is 0 Å². The molecule has 2 aliphatic rings. The van der Waals surface area contributed by atoms with Gasteiger partial charge in [0.2, 0.25) is 11.5 Å². The van der Waals surface area contributed by atoms with Crippen LogP contribution in [0.3, 0.4) is 0 Å². The molecule has 0 saturated carbocycles. The third-order valence-corrected chi connectivity index (χ3v) is 4.95. The van der Waals surface area contributed by atoms with Gasteiger partial charge in [-0.2, -0.15) is 0 Å². The largest absolute Gasteiger partial charge is 0.536 e. The summed E-state index contributed by atoms with van der Waals surface area (Å²) < 4.78 is 44.4. The lowest BCUT2D eigenvalue weighted by atomic mass is 9.76. The fraction of sp³-hybridized carbons (Fsp3) is 0.100. The second kappa shape index (κ2) is 5.42. The number of phenols is 4. The van der Waals surface area contributed by atoms with E-state index in [0.717, 1.165) is 12.1 Å². The van der Waals surface area contributed by atoms with Gasteiger partial charge in [0.05, 0.1) is 0 Å². The van der Waals surface area contributed by atoms with E-state index >= 15 is 0 Å². The lowest BCUT2D eigenvalue weighted by Crippen LogP contribution is -2.48. The number of alkyl halides is 2. The maximum absolute atomic E-state index is 14.6. The minimum Gasteiger partial charge on any atom is -0.504 e. The Morgan fingerprint density at radius 2 is 1.24 bits per heavy atom. The summed E-state index contributed by atoms with van der Waals surface area (Å²) in [5.41, 5.74) is -2.05. The standard InChI is InChI=1S/C20H12F2O7/c21-20(22)28-14-4-2-1-3-9(14)19(29-20)10-5-7-12(23)15(25)17(10)27-18-11(19)6-8-13(24)16(18)26/h1-8,23-26H. The molecule has 9 heteroatoms. The zero-order chi connectivity index (χ0) is 20.6. The van der Waals surface area contributed by atoms with Gasteiger partial charge in [0.25, 0.3) is 0 Å². The van der Waals surface area contributed by atoms with Gasteiger partial charge >= 0.3 is 6.29 Å². The summed E-state index contributed by atoms with van der Waals surface area (Å²) in [5.74, 6) is -3.65. The molecule has 4 N–H and O–H groups in total. The Morgan fingerprint density at radius 1 is 0.690 bits per heavy atom. The van der Waals surface area contributed by atoms with E-state index < -0.39 is 46.4 Å². The molecule has 148 valence electrons. The summed E-state index contributed by atoms with van der Waals surface area (Å²) in [5, 5.41) is 40.4. The van der Waals surface area contributed by atoms with Crippen LogP contribution in [0.15, 0.2) is 48.5 Å². The molecular weight excluding hydrogens is 390 g/mol. The monoisotopic (exact) mass is 402 g/mol. The molecule has 29 heavy (non-hydrogen) atoms. The molecule has 0 radical (unpaired) electrons. The van der Waals surface area contributed by atoms with Gasteiger partial charge in [0.15, 0.2) is 28.6 Å². The maximum atomic E-state index is 14.6. The predicted octanol–water partition coefficient (Wildman–Crippen LogP) is 3.87. The quantitative estimate of drug-likeness (QED) is 0.423. The van der Waals surface area contributed by atoms with E-state index in [4.69, 9.17) is 9.47 Å². The number of hydrogen-bond acceptors (Lipinski definition) is 7. The summed E-state index contributed by atoms with van der Waals surface area (Å²) >= 11 is 0. The Labute approximate surface area is 161 Å². The number of halogens is 2. The van der Waals surface area contributed by atoms with E-state index in [-0.39, 0.29) is 22.4 Å². The number of para-hydroxylation sites is 1. The van der Waals surface area contributed by atoms with Gasteiger partial charge in [-0.1, -0.05) is 18.2 Å². The highest BCUT2D eigenvalue weighted by Gasteiger charge is 2.58. The molecule has 7 nitrogen and oxygen atoms in total. The van der Waals surface area contributed by atoms with Crippen molar-refractivity contribution in [2.24, 2.45) is 0 Å². The number of fused-ring (bicyclic) bond motifs is 6. The summed E-state index contributed by atoms with van der Waals surface area (Å²) in [7, 11) is 0. The lowest BCUT2D eigenvalue weighted by Gasteiger charge is -2.45. The molecule has 0 unspecified atom stereocenters. The topological polar surface area (TPSA) is 109 Å². The third-order valence-electron chi connectivity index (χ3n) is 4.95. The average molecular weight is 402 g/mol. The first-order valence-corrected chi connectivity index (χ1v) is 8.40. The Hall–Kier alpha value is -3.72. The van der Waals surface area contributed by atoms with Gasteiger partial charge < -0.3 is 29.9 Å². The van der Waals surface area contributed by atoms with Crippen molar-refractivity contribution in [1.82, 2.24) is 0 Å². The van der Waals surface area contributed by atoms with E-state index in [1.54, 1.807) is 6.07 Å². The molecule has 0 amide bonds. The summed E-state index contributed by atoms with van der Waals surface area (Å²) in [6, 6.07) is 10.6. The first-order valence-electron chi connectivity index (χ1n) is 8.40. The molecule has 0 fully saturated rings. The Balaban J connectivity index is 1.97. The second-order valence-corrected chi connectivity index (χ2v) is 6.57. The smallest absolute Gasteiger partial charge is 0.504 e. The molecule has 0 atom stereocenters. The van der Waals surface area contributed by atoms with Crippen molar-refractivity contribution >= 4 is 0 Å². The van der Waals surface area contributed by atoms with E-state index in [1.165, 1.54) is 30.3 Å². The first-order chi connectivity index (χ1) is 13.7. The molecule has 0 aliphatic carbocycles. The van der Waals surface area contributed by atoms with E-state index in [2.05, 4.69) is 4.74 Å². The van der Waals surface area contributed by atoms with Crippen LogP contribution in [0, 0.1) is 0 Å². The highest BCUT2D eigenvalue weighted by Crippen LogP contribution is 2.63. The molecule has 5 rings (SSSR count). The van der Waals surface area contributed by atoms with Crippen molar-refractivity contribution < 1.29 is 43.4 Å². The molecule has 2 aliphatic heterocycles. The first kappa shape index (κ1) is 17.4. The highest BCUT2D eigenvalue weighted by atomic mass is 19.3. The molecular formula is C20H12F2O7. The Kier molecular flexibility index (Phi) is 3.25. The summed E-state index contributed by atoms with van der Waals surface area (Å²) in [6.45, 7) is 0. The van der Waals surface area contributed by atoms with Crippen LogP contribution in [0.4, 0.5) is 8.78 Å². The van der Waals surface area contributed by atoms with Gasteiger partial charge in [-0.05, 0) is 30.3 Å². The van der Waals surface area contributed by atoms with Crippen molar-refractivity contribution in [3.8, 4) is 40.2 Å². The van der Waals surface area contributed by atoms with Gasteiger partial charge in [-0.3, -0.25) is 4.74 Å². The van der Waals surface area contributed by atoms with E-state index in [9.17, 15) is 29.2 Å². The van der Waals surface area contributed by atoms with Crippen LogP contribution < -0.4 is 9.47 Å². The molecule has 3 aromatic carbocycles. The second-order valence-electron chi connectivity index (χ2n) is 6.57. The number of ether oxygens (including phenoxy) is 3. The number of hydrogen-bond donors (Lipinski definition) is 4. The molecule has 0 aromatic heterocycles. The maximum Gasteiger partial charge on any atom is 0.536 e. The lowest BCUT2D eigenvalue weighted by molar-refractivity contribution is -0.393. The third kappa shape index (κ3) is 2.18. The summed E-state index contributed by atoms with van der Waals surface area (Å²) in [4.78, 5) is 0. The number of benzene rings is 3. The number of phenolic OH excluding ortho intramolecular Hbond substituents is 4.